The van der Waals surface area contributed by atoms with Gasteiger partial charge in [-0.05, 0) is 6.42 Å². The van der Waals surface area contributed by atoms with Crippen LogP contribution in [0.4, 0.5) is 4.79 Å². The van der Waals surface area contributed by atoms with E-state index in [1.165, 1.54) is 6.33 Å². The molecule has 0 saturated heterocycles. The van der Waals surface area contributed by atoms with Gasteiger partial charge in [0.1, 0.15) is 6.04 Å². The number of urea groups is 1. The van der Waals surface area contributed by atoms with E-state index in [-0.39, 0.29) is 6.42 Å². The lowest BCUT2D eigenvalue weighted by Gasteiger charge is -2.14. The van der Waals surface area contributed by atoms with Crippen LogP contribution in [0.3, 0.4) is 0 Å². The normalized spacial score (nSPS) is 11.8. The number of H-pyrrole nitrogens is 1. The lowest BCUT2D eigenvalue weighted by Crippen LogP contribution is -2.47. The van der Waals surface area contributed by atoms with Gasteiger partial charge in [-0.15, -0.1) is 0 Å². The van der Waals surface area contributed by atoms with Crippen molar-refractivity contribution in [3.63, 3.8) is 0 Å². The van der Waals surface area contributed by atoms with Gasteiger partial charge < -0.3 is 20.7 Å². The van der Waals surface area contributed by atoms with Crippen LogP contribution < -0.4 is 10.6 Å². The lowest BCUT2D eigenvalue weighted by atomic mass is 10.1. The Bertz CT molecular complexity index is 406. The highest BCUT2D eigenvalue weighted by molar-refractivity contribution is 5.82. The topological polar surface area (TPSA) is 107 Å². The van der Waals surface area contributed by atoms with Gasteiger partial charge in [0.25, 0.3) is 0 Å². The third-order valence-electron chi connectivity index (χ3n) is 2.90. The highest BCUT2D eigenvalue weighted by Gasteiger charge is 2.20. The van der Waals surface area contributed by atoms with E-state index in [2.05, 4.69) is 27.5 Å². The molecular formula is C13H22N4O3. The van der Waals surface area contributed by atoms with Crippen molar-refractivity contribution in [2.24, 2.45) is 0 Å². The number of aromatic nitrogens is 2. The molecule has 1 rings (SSSR count). The van der Waals surface area contributed by atoms with Crippen molar-refractivity contribution in [2.45, 2.75) is 45.1 Å². The van der Waals surface area contributed by atoms with Crippen molar-refractivity contribution in [1.82, 2.24) is 20.6 Å². The summed E-state index contributed by atoms with van der Waals surface area (Å²) in [5.74, 6) is -1.07. The van der Waals surface area contributed by atoms with Gasteiger partial charge in [-0.25, -0.2) is 14.6 Å². The first-order valence-corrected chi connectivity index (χ1v) is 6.88. The third kappa shape index (κ3) is 6.21. The maximum atomic E-state index is 11.6. The number of carboxylic acid groups (broad SMARTS) is 1. The van der Waals surface area contributed by atoms with Crippen LogP contribution in [0.15, 0.2) is 12.5 Å². The molecule has 7 nitrogen and oxygen atoms in total. The second kappa shape index (κ2) is 8.95. The Kier molecular flexibility index (Phi) is 7.16. The van der Waals surface area contributed by atoms with E-state index >= 15 is 0 Å². The molecule has 1 heterocycles. The predicted octanol–water partition coefficient (Wildman–Crippen LogP) is 1.28. The number of amides is 2. The van der Waals surface area contributed by atoms with Crippen molar-refractivity contribution in [2.75, 3.05) is 6.54 Å². The summed E-state index contributed by atoms with van der Waals surface area (Å²) in [6, 6.07) is -1.42. The largest absolute Gasteiger partial charge is 0.480 e. The Labute approximate surface area is 118 Å². The molecule has 1 atom stereocenters. The Morgan fingerprint density at radius 2 is 2.20 bits per heavy atom. The van der Waals surface area contributed by atoms with E-state index in [1.54, 1.807) is 6.20 Å². The van der Waals surface area contributed by atoms with E-state index in [0.29, 0.717) is 12.2 Å². The second-order valence-corrected chi connectivity index (χ2v) is 4.63. The van der Waals surface area contributed by atoms with Crippen LogP contribution in [0, 0.1) is 0 Å². The average Bonchev–Trinajstić information content (AvgIpc) is 2.90. The Morgan fingerprint density at radius 1 is 1.40 bits per heavy atom. The third-order valence-corrected chi connectivity index (χ3v) is 2.90. The van der Waals surface area contributed by atoms with Crippen molar-refractivity contribution >= 4 is 12.0 Å². The predicted molar refractivity (Wildman–Crippen MR) is 74.4 cm³/mol. The molecule has 0 aromatic carbocycles. The van der Waals surface area contributed by atoms with Crippen molar-refractivity contribution < 1.29 is 14.7 Å². The fourth-order valence-electron chi connectivity index (χ4n) is 1.78. The molecule has 0 radical (unpaired) electrons. The summed E-state index contributed by atoms with van der Waals surface area (Å²) in [7, 11) is 0. The van der Waals surface area contributed by atoms with Crippen molar-refractivity contribution in [1.29, 1.82) is 0 Å². The van der Waals surface area contributed by atoms with E-state index in [0.717, 1.165) is 25.7 Å². The molecule has 112 valence electrons. The van der Waals surface area contributed by atoms with Crippen LogP contribution >= 0.6 is 0 Å². The number of imidazole rings is 1. The number of carbonyl (C=O) groups excluding carboxylic acids is 1. The number of nitrogens with zero attached hydrogens (tertiary/aromatic N) is 1. The van der Waals surface area contributed by atoms with Gasteiger partial charge >= 0.3 is 12.0 Å². The summed E-state index contributed by atoms with van der Waals surface area (Å²) in [4.78, 5) is 29.3. The summed E-state index contributed by atoms with van der Waals surface area (Å²) >= 11 is 0. The Morgan fingerprint density at radius 3 is 2.80 bits per heavy atom. The molecule has 1 aromatic heterocycles. The summed E-state index contributed by atoms with van der Waals surface area (Å²) < 4.78 is 0. The fourth-order valence-corrected chi connectivity index (χ4v) is 1.78. The molecule has 0 unspecified atom stereocenters. The van der Waals surface area contributed by atoms with E-state index < -0.39 is 18.0 Å². The monoisotopic (exact) mass is 282 g/mol. The Hall–Kier alpha value is -2.05. The van der Waals surface area contributed by atoms with Crippen molar-refractivity contribution in [3.8, 4) is 0 Å². The molecule has 0 aliphatic heterocycles. The molecule has 0 aliphatic rings. The molecular weight excluding hydrogens is 260 g/mol. The molecule has 2 amide bonds. The summed E-state index contributed by atoms with van der Waals surface area (Å²) in [5.41, 5.74) is 0.667. The number of nitrogens with one attached hydrogen (secondary N) is 3. The minimum absolute atomic E-state index is 0.179. The van der Waals surface area contributed by atoms with E-state index in [4.69, 9.17) is 5.11 Å². The highest BCUT2D eigenvalue weighted by Crippen LogP contribution is 1.99. The fraction of sp³-hybridized carbons (Fsp3) is 0.615. The first kappa shape index (κ1) is 16.0. The summed E-state index contributed by atoms with van der Waals surface area (Å²) in [5, 5.41) is 14.2. The van der Waals surface area contributed by atoms with Gasteiger partial charge in [-0.2, -0.15) is 0 Å². The SMILES string of the molecule is CCCCCCNC(=O)N[C@@H](Cc1cnc[nH]1)C(=O)O. The highest BCUT2D eigenvalue weighted by atomic mass is 16.4. The smallest absolute Gasteiger partial charge is 0.326 e. The van der Waals surface area contributed by atoms with Crippen LogP contribution in [0.1, 0.15) is 38.3 Å². The number of rotatable bonds is 9. The van der Waals surface area contributed by atoms with Crippen LogP contribution in [0.5, 0.6) is 0 Å². The number of hydrogen-bond acceptors (Lipinski definition) is 3. The quantitative estimate of drug-likeness (QED) is 0.512. The van der Waals surface area contributed by atoms with Crippen LogP contribution in [0.25, 0.3) is 0 Å². The molecule has 1 aromatic rings. The molecule has 0 fully saturated rings. The maximum Gasteiger partial charge on any atom is 0.326 e. The summed E-state index contributed by atoms with van der Waals surface area (Å²) in [6.07, 6.45) is 7.44. The minimum Gasteiger partial charge on any atom is -0.480 e. The van der Waals surface area contributed by atoms with Gasteiger partial charge in [0.2, 0.25) is 0 Å². The number of unbranched alkanes of at least 4 members (excludes halogenated alkanes) is 3. The zero-order valence-corrected chi connectivity index (χ0v) is 11.7. The molecule has 0 bridgehead atoms. The molecule has 7 heteroatoms. The zero-order valence-electron chi connectivity index (χ0n) is 11.7. The number of aromatic amines is 1. The molecule has 20 heavy (non-hydrogen) atoms. The van der Waals surface area contributed by atoms with Crippen LogP contribution in [0.2, 0.25) is 0 Å². The number of carboxylic acids is 1. The number of aliphatic carboxylic acids is 1. The number of hydrogen-bond donors (Lipinski definition) is 4. The number of carbonyl (C=O) groups is 2. The molecule has 0 saturated carbocycles. The first-order chi connectivity index (χ1) is 9.63. The van der Waals surface area contributed by atoms with Gasteiger partial charge in [0, 0.05) is 24.9 Å². The maximum absolute atomic E-state index is 11.6. The zero-order chi connectivity index (χ0) is 14.8. The molecule has 4 N–H and O–H groups in total. The van der Waals surface area contributed by atoms with Gasteiger partial charge in [0.15, 0.2) is 0 Å². The van der Waals surface area contributed by atoms with Gasteiger partial charge in [-0.1, -0.05) is 26.2 Å². The summed E-state index contributed by atoms with van der Waals surface area (Å²) in [6.45, 7) is 2.68. The van der Waals surface area contributed by atoms with Gasteiger partial charge in [-0.3, -0.25) is 0 Å². The minimum atomic E-state index is -1.07. The van der Waals surface area contributed by atoms with Crippen LogP contribution in [-0.4, -0.2) is 39.7 Å². The first-order valence-electron chi connectivity index (χ1n) is 6.88. The van der Waals surface area contributed by atoms with Gasteiger partial charge in [0.05, 0.1) is 6.33 Å². The van der Waals surface area contributed by atoms with E-state index in [1.807, 2.05) is 0 Å². The van der Waals surface area contributed by atoms with Crippen LogP contribution in [-0.2, 0) is 11.2 Å². The van der Waals surface area contributed by atoms with E-state index in [9.17, 15) is 9.59 Å². The Balaban J connectivity index is 2.30. The second-order valence-electron chi connectivity index (χ2n) is 4.63. The van der Waals surface area contributed by atoms with Crippen molar-refractivity contribution in [3.05, 3.63) is 18.2 Å². The average molecular weight is 282 g/mol. The molecule has 0 aliphatic carbocycles. The lowest BCUT2D eigenvalue weighted by molar-refractivity contribution is -0.139. The standard InChI is InChI=1S/C13H22N4O3/c1-2-3-4-5-6-15-13(20)17-11(12(18)19)7-10-8-14-9-16-10/h8-9,11H,2-7H2,1H3,(H,14,16)(H,18,19)(H2,15,17,20)/t11-/m0/s1. The molecule has 0 spiro atoms.